The van der Waals surface area contributed by atoms with Crippen LogP contribution in [0.5, 0.6) is 0 Å². The molecule has 2 N–H and O–H groups in total. The number of hydrogen-bond donors (Lipinski definition) is 2. The summed E-state index contributed by atoms with van der Waals surface area (Å²) in [5.41, 5.74) is 6.82. The van der Waals surface area contributed by atoms with Gasteiger partial charge in [0.2, 0.25) is 0 Å². The molecule has 2 rings (SSSR count). The van der Waals surface area contributed by atoms with Crippen LogP contribution in [0.2, 0.25) is 0 Å². The van der Waals surface area contributed by atoms with E-state index >= 15 is 0 Å². The second-order valence-corrected chi connectivity index (χ2v) is 5.80. The Morgan fingerprint density at radius 1 is 1.26 bits per heavy atom. The SMILES string of the molecule is Cc1cc(/C=N\NC(=O)CNc2ccccc2)c(C)n1C(C)C. The van der Waals surface area contributed by atoms with Crippen molar-refractivity contribution in [2.75, 3.05) is 11.9 Å². The molecule has 0 atom stereocenters. The third kappa shape index (κ3) is 4.45. The first-order chi connectivity index (χ1) is 11.0. The number of nitrogens with one attached hydrogen (secondary N) is 2. The van der Waals surface area contributed by atoms with Crippen LogP contribution in [0.4, 0.5) is 5.69 Å². The number of rotatable bonds is 6. The molecule has 0 saturated heterocycles. The smallest absolute Gasteiger partial charge is 0.259 e. The molecule has 1 heterocycles. The molecule has 23 heavy (non-hydrogen) atoms. The number of hydrazone groups is 1. The monoisotopic (exact) mass is 312 g/mol. The van der Waals surface area contributed by atoms with E-state index in [9.17, 15) is 4.79 Å². The molecule has 1 aromatic carbocycles. The Labute approximate surface area is 137 Å². The van der Waals surface area contributed by atoms with Gasteiger partial charge in [-0.2, -0.15) is 5.10 Å². The van der Waals surface area contributed by atoms with Crippen LogP contribution in [0.15, 0.2) is 41.5 Å². The van der Waals surface area contributed by atoms with Gasteiger partial charge < -0.3 is 9.88 Å². The van der Waals surface area contributed by atoms with E-state index < -0.39 is 0 Å². The van der Waals surface area contributed by atoms with E-state index in [1.165, 1.54) is 5.69 Å². The highest BCUT2D eigenvalue weighted by molar-refractivity contribution is 5.85. The van der Waals surface area contributed by atoms with Crippen LogP contribution in [-0.4, -0.2) is 23.2 Å². The number of aromatic nitrogens is 1. The predicted octanol–water partition coefficient (Wildman–Crippen LogP) is 3.25. The lowest BCUT2D eigenvalue weighted by molar-refractivity contribution is -0.119. The van der Waals surface area contributed by atoms with Crippen molar-refractivity contribution in [3.8, 4) is 0 Å². The maximum Gasteiger partial charge on any atom is 0.259 e. The van der Waals surface area contributed by atoms with Crippen molar-refractivity contribution in [3.63, 3.8) is 0 Å². The summed E-state index contributed by atoms with van der Waals surface area (Å²) in [4.78, 5) is 11.8. The lowest BCUT2D eigenvalue weighted by atomic mass is 10.2. The highest BCUT2D eigenvalue weighted by atomic mass is 16.2. The molecular formula is C18H24N4O. The van der Waals surface area contributed by atoms with Crippen molar-refractivity contribution in [2.45, 2.75) is 33.7 Å². The third-order valence-corrected chi connectivity index (χ3v) is 3.66. The Morgan fingerprint density at radius 3 is 2.57 bits per heavy atom. The molecule has 1 aromatic heterocycles. The summed E-state index contributed by atoms with van der Waals surface area (Å²) in [6, 6.07) is 12.1. The van der Waals surface area contributed by atoms with Gasteiger partial charge in [-0.25, -0.2) is 5.43 Å². The van der Waals surface area contributed by atoms with E-state index in [1.54, 1.807) is 6.21 Å². The van der Waals surface area contributed by atoms with Crippen LogP contribution in [0.1, 0.15) is 36.8 Å². The van der Waals surface area contributed by atoms with Crippen molar-refractivity contribution < 1.29 is 4.79 Å². The maximum atomic E-state index is 11.8. The number of amides is 1. The Morgan fingerprint density at radius 2 is 1.96 bits per heavy atom. The molecule has 0 aliphatic carbocycles. The molecule has 0 unspecified atom stereocenters. The molecule has 0 aliphatic heterocycles. The summed E-state index contributed by atoms with van der Waals surface area (Å²) >= 11 is 0. The van der Waals surface area contributed by atoms with E-state index in [4.69, 9.17) is 0 Å². The zero-order valence-electron chi connectivity index (χ0n) is 14.1. The summed E-state index contributed by atoms with van der Waals surface area (Å²) in [6.07, 6.45) is 1.70. The van der Waals surface area contributed by atoms with E-state index in [2.05, 4.69) is 54.2 Å². The highest BCUT2D eigenvalue weighted by Crippen LogP contribution is 2.18. The van der Waals surface area contributed by atoms with Crippen LogP contribution in [0, 0.1) is 13.8 Å². The number of hydrogen-bond acceptors (Lipinski definition) is 3. The Balaban J connectivity index is 1.89. The van der Waals surface area contributed by atoms with Crippen LogP contribution >= 0.6 is 0 Å². The van der Waals surface area contributed by atoms with E-state index in [-0.39, 0.29) is 12.5 Å². The molecule has 1 amide bonds. The Bertz CT molecular complexity index is 687. The van der Waals surface area contributed by atoms with Gasteiger partial charge in [0.15, 0.2) is 0 Å². The van der Waals surface area contributed by atoms with Gasteiger partial charge in [0.1, 0.15) is 0 Å². The summed E-state index contributed by atoms with van der Waals surface area (Å²) in [5, 5.41) is 7.09. The fraction of sp³-hybridized carbons (Fsp3) is 0.333. The fourth-order valence-electron chi connectivity index (χ4n) is 2.68. The number of benzene rings is 1. The number of anilines is 1. The van der Waals surface area contributed by atoms with Gasteiger partial charge in [-0.15, -0.1) is 0 Å². The van der Waals surface area contributed by atoms with Crippen LogP contribution in [-0.2, 0) is 4.79 Å². The third-order valence-electron chi connectivity index (χ3n) is 3.66. The first-order valence-electron chi connectivity index (χ1n) is 7.78. The van der Waals surface area contributed by atoms with Crippen LogP contribution in [0.25, 0.3) is 0 Å². The van der Waals surface area contributed by atoms with E-state index in [0.29, 0.717) is 6.04 Å². The molecule has 0 radical (unpaired) electrons. The Kier molecular flexibility index (Phi) is 5.57. The van der Waals surface area contributed by atoms with Crippen LogP contribution in [0.3, 0.4) is 0 Å². The van der Waals surface area contributed by atoms with E-state index in [1.807, 2.05) is 30.3 Å². The summed E-state index contributed by atoms with van der Waals surface area (Å²) in [5.74, 6) is -0.178. The zero-order valence-corrected chi connectivity index (χ0v) is 14.1. The van der Waals surface area contributed by atoms with Crippen molar-refractivity contribution in [3.05, 3.63) is 53.3 Å². The summed E-state index contributed by atoms with van der Waals surface area (Å²) < 4.78 is 2.25. The topological polar surface area (TPSA) is 58.4 Å². The minimum Gasteiger partial charge on any atom is -0.376 e. The highest BCUT2D eigenvalue weighted by Gasteiger charge is 2.09. The number of aryl methyl sites for hydroxylation is 1. The van der Waals surface area contributed by atoms with Gasteiger partial charge in [0.05, 0.1) is 12.8 Å². The van der Waals surface area contributed by atoms with Crippen LogP contribution < -0.4 is 10.7 Å². The molecule has 0 fully saturated rings. The molecule has 122 valence electrons. The molecule has 5 heteroatoms. The maximum absolute atomic E-state index is 11.8. The second kappa shape index (κ2) is 7.63. The van der Waals surface area contributed by atoms with Crippen molar-refractivity contribution >= 4 is 17.8 Å². The van der Waals surface area contributed by atoms with Crippen molar-refractivity contribution in [2.24, 2.45) is 5.10 Å². The van der Waals surface area contributed by atoms with E-state index in [0.717, 1.165) is 16.9 Å². The first kappa shape index (κ1) is 16.8. The fourth-order valence-corrected chi connectivity index (χ4v) is 2.68. The number of carbonyl (C=O) groups excluding carboxylic acids is 1. The minimum absolute atomic E-state index is 0.178. The number of nitrogens with zero attached hydrogens (tertiary/aromatic N) is 2. The Hall–Kier alpha value is -2.56. The second-order valence-electron chi connectivity index (χ2n) is 5.80. The molecule has 0 aliphatic rings. The lowest BCUT2D eigenvalue weighted by Crippen LogP contribution is -2.25. The van der Waals surface area contributed by atoms with Gasteiger partial charge in [-0.3, -0.25) is 4.79 Å². The van der Waals surface area contributed by atoms with Gasteiger partial charge >= 0.3 is 0 Å². The van der Waals surface area contributed by atoms with Gasteiger partial charge in [0.25, 0.3) is 5.91 Å². The molecule has 0 bridgehead atoms. The normalized spacial score (nSPS) is 11.2. The van der Waals surface area contributed by atoms with Crippen molar-refractivity contribution in [1.29, 1.82) is 0 Å². The van der Waals surface area contributed by atoms with Crippen molar-refractivity contribution in [1.82, 2.24) is 9.99 Å². The first-order valence-corrected chi connectivity index (χ1v) is 7.78. The minimum atomic E-state index is -0.178. The standard InChI is InChI=1S/C18H24N4O/c1-13(2)22-14(3)10-16(15(22)4)11-20-21-18(23)12-19-17-8-6-5-7-9-17/h5-11,13,19H,12H2,1-4H3,(H,21,23)/b20-11-. The molecule has 0 saturated carbocycles. The predicted molar refractivity (Wildman–Crippen MR) is 95.0 cm³/mol. The lowest BCUT2D eigenvalue weighted by Gasteiger charge is -2.13. The molecular weight excluding hydrogens is 288 g/mol. The number of para-hydroxylation sites is 1. The van der Waals surface area contributed by atoms with Gasteiger partial charge in [0, 0.05) is 28.7 Å². The summed E-state index contributed by atoms with van der Waals surface area (Å²) in [7, 11) is 0. The molecule has 5 nitrogen and oxygen atoms in total. The quantitative estimate of drug-likeness (QED) is 0.635. The number of carbonyl (C=O) groups is 1. The zero-order chi connectivity index (χ0) is 16.8. The van der Waals surface area contributed by atoms with Gasteiger partial charge in [-0.05, 0) is 45.9 Å². The largest absolute Gasteiger partial charge is 0.376 e. The summed E-state index contributed by atoms with van der Waals surface area (Å²) in [6.45, 7) is 8.63. The van der Waals surface area contributed by atoms with Gasteiger partial charge in [-0.1, -0.05) is 18.2 Å². The molecule has 0 spiro atoms. The average Bonchev–Trinajstić information content (AvgIpc) is 2.80. The molecule has 2 aromatic rings. The average molecular weight is 312 g/mol.